The average Bonchev–Trinajstić information content (AvgIpc) is 2.12. The Hall–Kier alpha value is -1.13. The zero-order chi connectivity index (χ0) is 8.55. The van der Waals surface area contributed by atoms with E-state index in [4.69, 9.17) is 5.84 Å². The van der Waals surface area contributed by atoms with Gasteiger partial charge in [-0.3, -0.25) is 10.1 Å². The average molecular weight is 165 g/mol. The van der Waals surface area contributed by atoms with Gasteiger partial charge in [0.05, 0.1) is 18.3 Å². The molecule has 1 atom stereocenters. The number of rotatable bonds is 0. The number of allylic oxidation sites excluding steroid dienone is 2. The van der Waals surface area contributed by atoms with E-state index in [0.29, 0.717) is 6.54 Å². The Morgan fingerprint density at radius 2 is 2.50 bits per heavy atom. The van der Waals surface area contributed by atoms with E-state index in [1.807, 2.05) is 12.2 Å². The van der Waals surface area contributed by atoms with Gasteiger partial charge in [0, 0.05) is 0 Å². The van der Waals surface area contributed by atoms with Crippen molar-refractivity contribution in [2.24, 2.45) is 5.84 Å². The van der Waals surface area contributed by atoms with E-state index in [-0.39, 0.29) is 11.9 Å². The number of nitrogens with zero attached hydrogens (tertiary/aromatic N) is 1. The molecule has 1 heterocycles. The summed E-state index contributed by atoms with van der Waals surface area (Å²) < 4.78 is 0. The third-order valence-electron chi connectivity index (χ3n) is 2.18. The van der Waals surface area contributed by atoms with Crippen molar-refractivity contribution in [3.63, 3.8) is 0 Å². The summed E-state index contributed by atoms with van der Waals surface area (Å²) in [6, 6.07) is 0.220. The molecule has 1 aliphatic heterocycles. The predicted octanol–water partition coefficient (Wildman–Crippen LogP) is -0.496. The Morgan fingerprint density at radius 1 is 1.67 bits per heavy atom. The van der Waals surface area contributed by atoms with Gasteiger partial charge in [-0.1, -0.05) is 12.2 Å². The van der Waals surface area contributed by atoms with Crippen molar-refractivity contribution in [1.82, 2.24) is 10.3 Å². The van der Waals surface area contributed by atoms with E-state index in [0.717, 1.165) is 12.1 Å². The number of nitrogens with one attached hydrogen (secondary N) is 1. The third kappa shape index (κ3) is 1.05. The quantitative estimate of drug-likeness (QED) is 0.376. The molecule has 2 aliphatic rings. The van der Waals surface area contributed by atoms with Gasteiger partial charge in [0.25, 0.3) is 5.91 Å². The summed E-state index contributed by atoms with van der Waals surface area (Å²) in [5.41, 5.74) is 0.869. The van der Waals surface area contributed by atoms with Crippen LogP contribution in [-0.2, 0) is 4.79 Å². The molecule has 1 unspecified atom stereocenters. The van der Waals surface area contributed by atoms with Crippen LogP contribution in [0.2, 0.25) is 0 Å². The Bertz CT molecular complexity index is 269. The second-order valence-corrected chi connectivity index (χ2v) is 2.95. The summed E-state index contributed by atoms with van der Waals surface area (Å²) in [7, 11) is 0. The fourth-order valence-electron chi connectivity index (χ4n) is 1.49. The number of nitrogens with two attached hydrogens (primary N) is 1. The second-order valence-electron chi connectivity index (χ2n) is 2.95. The maximum atomic E-state index is 11.1. The summed E-state index contributed by atoms with van der Waals surface area (Å²) in [4.78, 5) is 11.1. The number of piperazine rings is 1. The number of fused-ring (bicyclic) bond motifs is 1. The van der Waals surface area contributed by atoms with Gasteiger partial charge in [0.1, 0.15) is 0 Å². The number of amides is 1. The normalized spacial score (nSPS) is 28.4. The van der Waals surface area contributed by atoms with Crippen molar-refractivity contribution in [3.8, 4) is 0 Å². The number of hydrogen-bond acceptors (Lipinski definition) is 3. The Labute approximate surface area is 70.7 Å². The van der Waals surface area contributed by atoms with Crippen LogP contribution >= 0.6 is 0 Å². The Morgan fingerprint density at radius 3 is 3.33 bits per heavy atom. The van der Waals surface area contributed by atoms with Gasteiger partial charge in [-0.05, 0) is 12.5 Å². The van der Waals surface area contributed by atoms with E-state index in [9.17, 15) is 4.79 Å². The number of carbonyl (C=O) groups is 1. The highest BCUT2D eigenvalue weighted by molar-refractivity contribution is 5.81. The van der Waals surface area contributed by atoms with Crippen molar-refractivity contribution in [2.75, 3.05) is 6.54 Å². The van der Waals surface area contributed by atoms with Crippen LogP contribution in [0.4, 0.5) is 0 Å². The molecule has 0 spiro atoms. The van der Waals surface area contributed by atoms with Gasteiger partial charge < -0.3 is 0 Å². The van der Waals surface area contributed by atoms with Crippen LogP contribution in [0.15, 0.2) is 23.9 Å². The lowest BCUT2D eigenvalue weighted by atomic mass is 10.0. The minimum absolute atomic E-state index is 0.0761. The summed E-state index contributed by atoms with van der Waals surface area (Å²) in [6.07, 6.45) is 6.77. The molecular formula is C8H11N3O. The van der Waals surface area contributed by atoms with Gasteiger partial charge in [-0.2, -0.15) is 0 Å². The van der Waals surface area contributed by atoms with Crippen LogP contribution in [0, 0.1) is 0 Å². The fourth-order valence-corrected chi connectivity index (χ4v) is 1.49. The van der Waals surface area contributed by atoms with Crippen LogP contribution in [0.25, 0.3) is 0 Å². The molecule has 2 rings (SSSR count). The Kier molecular flexibility index (Phi) is 1.71. The molecule has 1 saturated heterocycles. The molecule has 4 heteroatoms. The molecule has 0 saturated carbocycles. The highest BCUT2D eigenvalue weighted by atomic mass is 16.2. The fraction of sp³-hybridized carbons (Fsp3) is 0.375. The first-order valence-corrected chi connectivity index (χ1v) is 3.97. The van der Waals surface area contributed by atoms with E-state index in [1.165, 1.54) is 5.01 Å². The number of carbonyl (C=O) groups excluding carboxylic acids is 1. The summed E-state index contributed by atoms with van der Waals surface area (Å²) in [6.45, 7) is 0.340. The van der Waals surface area contributed by atoms with Crippen LogP contribution in [-0.4, -0.2) is 23.5 Å². The molecule has 64 valence electrons. The van der Waals surface area contributed by atoms with Crippen LogP contribution in [0.3, 0.4) is 0 Å². The lowest BCUT2D eigenvalue weighted by Gasteiger charge is -2.33. The molecule has 0 bridgehead atoms. The zero-order valence-electron chi connectivity index (χ0n) is 6.66. The molecule has 3 N–H and O–H groups in total. The second kappa shape index (κ2) is 2.73. The van der Waals surface area contributed by atoms with Crippen LogP contribution in [0.1, 0.15) is 6.42 Å². The topological polar surface area (TPSA) is 58.4 Å². The molecular weight excluding hydrogens is 154 g/mol. The molecule has 0 radical (unpaired) electrons. The SMILES string of the molecule is NN1C(=O)CNC2CC=CC=C21. The van der Waals surface area contributed by atoms with E-state index < -0.39 is 0 Å². The largest absolute Gasteiger partial charge is 0.300 e. The first-order valence-electron chi connectivity index (χ1n) is 3.97. The monoisotopic (exact) mass is 165 g/mol. The molecule has 1 amide bonds. The maximum Gasteiger partial charge on any atom is 0.254 e. The van der Waals surface area contributed by atoms with Crippen molar-refractivity contribution in [1.29, 1.82) is 0 Å². The first-order chi connectivity index (χ1) is 5.79. The van der Waals surface area contributed by atoms with Crippen molar-refractivity contribution >= 4 is 5.91 Å². The predicted molar refractivity (Wildman–Crippen MR) is 44.7 cm³/mol. The molecule has 1 fully saturated rings. The zero-order valence-corrected chi connectivity index (χ0v) is 6.66. The van der Waals surface area contributed by atoms with E-state index in [2.05, 4.69) is 11.4 Å². The minimum Gasteiger partial charge on any atom is -0.300 e. The van der Waals surface area contributed by atoms with Gasteiger partial charge >= 0.3 is 0 Å². The number of hydrazine groups is 1. The van der Waals surface area contributed by atoms with Gasteiger partial charge in [-0.25, -0.2) is 10.9 Å². The maximum absolute atomic E-state index is 11.1. The van der Waals surface area contributed by atoms with Crippen molar-refractivity contribution < 1.29 is 4.79 Å². The third-order valence-corrected chi connectivity index (χ3v) is 2.18. The molecule has 12 heavy (non-hydrogen) atoms. The molecule has 4 nitrogen and oxygen atoms in total. The summed E-state index contributed by atoms with van der Waals surface area (Å²) >= 11 is 0. The summed E-state index contributed by atoms with van der Waals surface area (Å²) in [5.74, 6) is 5.50. The molecule has 1 aliphatic carbocycles. The highest BCUT2D eigenvalue weighted by Crippen LogP contribution is 2.17. The Balaban J connectivity index is 2.27. The minimum atomic E-state index is -0.0761. The smallest absolute Gasteiger partial charge is 0.254 e. The van der Waals surface area contributed by atoms with Crippen molar-refractivity contribution in [2.45, 2.75) is 12.5 Å². The van der Waals surface area contributed by atoms with Crippen LogP contribution < -0.4 is 11.2 Å². The standard InChI is InChI=1S/C8H11N3O/c9-11-7-4-2-1-3-6(7)10-5-8(11)12/h1-2,4,6,10H,3,5,9H2. The number of hydrogen-bond donors (Lipinski definition) is 2. The van der Waals surface area contributed by atoms with E-state index >= 15 is 0 Å². The lowest BCUT2D eigenvalue weighted by Crippen LogP contribution is -2.55. The molecule has 0 aromatic rings. The van der Waals surface area contributed by atoms with Gasteiger partial charge in [0.15, 0.2) is 0 Å². The van der Waals surface area contributed by atoms with Gasteiger partial charge in [-0.15, -0.1) is 0 Å². The lowest BCUT2D eigenvalue weighted by molar-refractivity contribution is -0.130. The van der Waals surface area contributed by atoms with E-state index in [1.54, 1.807) is 0 Å². The van der Waals surface area contributed by atoms with Crippen LogP contribution in [0.5, 0.6) is 0 Å². The molecule has 0 aromatic heterocycles. The summed E-state index contributed by atoms with van der Waals surface area (Å²) in [5, 5.41) is 4.35. The highest BCUT2D eigenvalue weighted by Gasteiger charge is 2.28. The van der Waals surface area contributed by atoms with Crippen molar-refractivity contribution in [3.05, 3.63) is 23.9 Å². The first kappa shape index (κ1) is 7.52. The van der Waals surface area contributed by atoms with Gasteiger partial charge in [0.2, 0.25) is 0 Å². The molecule has 0 aromatic carbocycles.